The topological polar surface area (TPSA) is 62.2 Å². The summed E-state index contributed by atoms with van der Waals surface area (Å²) >= 11 is 0. The number of piperidine rings is 1. The van der Waals surface area contributed by atoms with Crippen LogP contribution < -0.4 is 0 Å². The molecule has 2 fully saturated rings. The van der Waals surface area contributed by atoms with Gasteiger partial charge in [0.25, 0.3) is 0 Å². The first kappa shape index (κ1) is 19.1. The number of phenolic OH excluding ortho intramolecular Hbond substituents is 1. The largest absolute Gasteiger partial charge is 0.508 e. The number of aromatic hydroxyl groups is 1. The van der Waals surface area contributed by atoms with Crippen LogP contribution in [0.15, 0.2) is 24.3 Å². The minimum atomic E-state index is -0.136. The van der Waals surface area contributed by atoms with Gasteiger partial charge in [-0.2, -0.15) is 0 Å². The van der Waals surface area contributed by atoms with E-state index in [1.54, 1.807) is 6.07 Å². The molecule has 2 heterocycles. The zero-order chi connectivity index (χ0) is 18.4. The van der Waals surface area contributed by atoms with Crippen LogP contribution in [0.2, 0.25) is 0 Å². The van der Waals surface area contributed by atoms with E-state index in [4.69, 9.17) is 9.47 Å². The van der Waals surface area contributed by atoms with Gasteiger partial charge < -0.3 is 14.6 Å². The van der Waals surface area contributed by atoms with Gasteiger partial charge >= 0.3 is 5.97 Å². The molecule has 26 heavy (non-hydrogen) atoms. The Balaban J connectivity index is 1.64. The van der Waals surface area contributed by atoms with Crippen molar-refractivity contribution in [2.24, 2.45) is 5.92 Å². The fourth-order valence-corrected chi connectivity index (χ4v) is 4.20. The monoisotopic (exact) mass is 362 g/mol. The molecule has 2 aliphatic rings. The van der Waals surface area contributed by atoms with E-state index in [1.807, 2.05) is 18.2 Å². The molecule has 2 saturated heterocycles. The number of hydrogen-bond acceptors (Lipinski definition) is 6. The van der Waals surface area contributed by atoms with Crippen LogP contribution in [0.1, 0.15) is 24.8 Å². The van der Waals surface area contributed by atoms with E-state index in [0.29, 0.717) is 24.1 Å². The summed E-state index contributed by atoms with van der Waals surface area (Å²) in [6, 6.07) is 8.02. The molecule has 0 bridgehead atoms. The van der Waals surface area contributed by atoms with E-state index in [0.717, 1.165) is 64.3 Å². The molecule has 3 rings (SSSR count). The van der Waals surface area contributed by atoms with Gasteiger partial charge in [-0.25, -0.2) is 0 Å². The van der Waals surface area contributed by atoms with Crippen LogP contribution >= 0.6 is 0 Å². The van der Waals surface area contributed by atoms with E-state index in [2.05, 4.69) is 9.80 Å². The van der Waals surface area contributed by atoms with Crippen LogP contribution in [-0.2, 0) is 20.8 Å². The van der Waals surface area contributed by atoms with Gasteiger partial charge in [-0.05, 0) is 31.4 Å². The number of morpholine rings is 1. The molecule has 2 aliphatic heterocycles. The molecule has 0 aliphatic carbocycles. The van der Waals surface area contributed by atoms with Gasteiger partial charge in [0.2, 0.25) is 0 Å². The second-order valence-corrected chi connectivity index (χ2v) is 7.24. The third-order valence-electron chi connectivity index (χ3n) is 5.63. The van der Waals surface area contributed by atoms with Gasteiger partial charge in [0, 0.05) is 44.2 Å². The van der Waals surface area contributed by atoms with E-state index < -0.39 is 0 Å². The lowest BCUT2D eigenvalue weighted by molar-refractivity contribution is -0.141. The number of ether oxygens (including phenoxy) is 2. The van der Waals surface area contributed by atoms with Crippen LogP contribution in [0.25, 0.3) is 0 Å². The number of nitrogens with zero attached hydrogens (tertiary/aromatic N) is 2. The average Bonchev–Trinajstić information content (AvgIpc) is 2.68. The number of methoxy groups -OCH3 is 1. The number of para-hydroxylation sites is 1. The molecule has 0 spiro atoms. The zero-order valence-electron chi connectivity index (χ0n) is 15.6. The summed E-state index contributed by atoms with van der Waals surface area (Å²) in [6.45, 7) is 6.22. The highest BCUT2D eigenvalue weighted by Crippen LogP contribution is 2.29. The Morgan fingerprint density at radius 2 is 2.04 bits per heavy atom. The Morgan fingerprint density at radius 3 is 2.77 bits per heavy atom. The molecular formula is C20H30N2O4. The van der Waals surface area contributed by atoms with Crippen LogP contribution in [0.3, 0.4) is 0 Å². The molecule has 1 aromatic carbocycles. The first-order chi connectivity index (χ1) is 12.7. The highest BCUT2D eigenvalue weighted by atomic mass is 16.5. The van der Waals surface area contributed by atoms with Crippen LogP contribution in [0, 0.1) is 5.92 Å². The minimum absolute atomic E-state index is 0.136. The molecular weight excluding hydrogens is 332 g/mol. The van der Waals surface area contributed by atoms with Gasteiger partial charge in [-0.1, -0.05) is 18.2 Å². The summed E-state index contributed by atoms with van der Waals surface area (Å²) in [5.41, 5.74) is 0.962. The van der Waals surface area contributed by atoms with Crippen LogP contribution in [-0.4, -0.2) is 73.4 Å². The molecule has 6 heteroatoms. The maximum Gasteiger partial charge on any atom is 0.305 e. The van der Waals surface area contributed by atoms with Gasteiger partial charge in [0.15, 0.2) is 0 Å². The lowest BCUT2D eigenvalue weighted by Crippen LogP contribution is -2.53. The van der Waals surface area contributed by atoms with Crippen LogP contribution in [0.5, 0.6) is 5.75 Å². The molecule has 6 nitrogen and oxygen atoms in total. The first-order valence-corrected chi connectivity index (χ1v) is 9.55. The predicted octanol–water partition coefficient (Wildman–Crippen LogP) is 1.87. The molecule has 1 aromatic rings. The molecule has 0 saturated carbocycles. The molecule has 1 N–H and O–H groups in total. The fraction of sp³-hybridized carbons (Fsp3) is 0.650. The Morgan fingerprint density at radius 1 is 1.27 bits per heavy atom. The Kier molecular flexibility index (Phi) is 6.88. The third kappa shape index (κ3) is 4.96. The molecule has 0 unspecified atom stereocenters. The summed E-state index contributed by atoms with van der Waals surface area (Å²) in [4.78, 5) is 16.6. The summed E-state index contributed by atoms with van der Waals surface area (Å²) < 4.78 is 10.3. The number of phenols is 1. The number of benzene rings is 1. The number of likely N-dealkylation sites (tertiary alicyclic amines) is 1. The van der Waals surface area contributed by atoms with E-state index >= 15 is 0 Å². The van der Waals surface area contributed by atoms with Crippen molar-refractivity contribution in [1.82, 2.24) is 9.80 Å². The first-order valence-electron chi connectivity index (χ1n) is 9.55. The predicted molar refractivity (Wildman–Crippen MR) is 98.9 cm³/mol. The Labute approximate surface area is 155 Å². The number of rotatable bonds is 6. The van der Waals surface area contributed by atoms with Crippen molar-refractivity contribution in [2.75, 3.05) is 46.5 Å². The quantitative estimate of drug-likeness (QED) is 0.780. The lowest BCUT2D eigenvalue weighted by atomic mass is 9.86. The number of carbonyl (C=O) groups excluding carboxylic acids is 1. The van der Waals surface area contributed by atoms with Crippen molar-refractivity contribution >= 4 is 5.97 Å². The second-order valence-electron chi connectivity index (χ2n) is 7.24. The number of carbonyl (C=O) groups is 1. The van der Waals surface area contributed by atoms with Crippen molar-refractivity contribution in [3.63, 3.8) is 0 Å². The number of esters is 1. The SMILES string of the molecule is COC(=O)CC[C@H]1CN(Cc2ccccc2O)CC[C@H]1N1CCOCC1. The molecule has 0 amide bonds. The molecule has 0 aromatic heterocycles. The summed E-state index contributed by atoms with van der Waals surface area (Å²) in [7, 11) is 1.45. The van der Waals surface area contributed by atoms with E-state index in [9.17, 15) is 9.90 Å². The maximum atomic E-state index is 11.7. The van der Waals surface area contributed by atoms with Crippen molar-refractivity contribution < 1.29 is 19.4 Å². The number of hydrogen-bond donors (Lipinski definition) is 1. The van der Waals surface area contributed by atoms with Crippen molar-refractivity contribution in [1.29, 1.82) is 0 Å². The smallest absolute Gasteiger partial charge is 0.305 e. The van der Waals surface area contributed by atoms with Crippen molar-refractivity contribution in [3.05, 3.63) is 29.8 Å². The normalized spacial score (nSPS) is 25.1. The average molecular weight is 362 g/mol. The van der Waals surface area contributed by atoms with E-state index in [-0.39, 0.29) is 5.97 Å². The molecule has 0 radical (unpaired) electrons. The molecule has 2 atom stereocenters. The van der Waals surface area contributed by atoms with Crippen molar-refractivity contribution in [3.8, 4) is 5.75 Å². The zero-order valence-corrected chi connectivity index (χ0v) is 15.6. The van der Waals surface area contributed by atoms with Gasteiger partial charge in [-0.3, -0.25) is 14.6 Å². The highest BCUT2D eigenvalue weighted by molar-refractivity contribution is 5.69. The van der Waals surface area contributed by atoms with E-state index in [1.165, 1.54) is 7.11 Å². The Hall–Kier alpha value is -1.63. The van der Waals surface area contributed by atoms with Crippen molar-refractivity contribution in [2.45, 2.75) is 31.8 Å². The Bertz CT molecular complexity index is 589. The molecule has 144 valence electrons. The fourth-order valence-electron chi connectivity index (χ4n) is 4.20. The highest BCUT2D eigenvalue weighted by Gasteiger charge is 2.34. The van der Waals surface area contributed by atoms with Gasteiger partial charge in [0.1, 0.15) is 5.75 Å². The van der Waals surface area contributed by atoms with Gasteiger partial charge in [-0.15, -0.1) is 0 Å². The summed E-state index contributed by atoms with van der Waals surface area (Å²) in [6.07, 6.45) is 2.39. The summed E-state index contributed by atoms with van der Waals surface area (Å²) in [5, 5.41) is 10.1. The minimum Gasteiger partial charge on any atom is -0.508 e. The third-order valence-corrected chi connectivity index (χ3v) is 5.63. The lowest BCUT2D eigenvalue weighted by Gasteiger charge is -2.45. The summed E-state index contributed by atoms with van der Waals surface area (Å²) in [5.74, 6) is 0.643. The van der Waals surface area contributed by atoms with Gasteiger partial charge in [0.05, 0.1) is 20.3 Å². The standard InChI is InChI=1S/C20H30N2O4/c1-25-20(24)7-6-16-14-21(15-17-4-2-3-5-19(17)23)9-8-18(16)22-10-12-26-13-11-22/h2-5,16,18,23H,6-15H2,1H3/t16-,18+/m0/s1. The maximum absolute atomic E-state index is 11.7. The van der Waals surface area contributed by atoms with Crippen LogP contribution in [0.4, 0.5) is 0 Å². The second kappa shape index (κ2) is 9.35.